The van der Waals surface area contributed by atoms with Gasteiger partial charge in [-0.3, -0.25) is 28.8 Å². The topological polar surface area (TPSA) is 198 Å². The van der Waals surface area contributed by atoms with Gasteiger partial charge in [-0.15, -0.1) is 0 Å². The Balaban J connectivity index is 1.25. The lowest BCUT2D eigenvalue weighted by Gasteiger charge is -2.30. The van der Waals surface area contributed by atoms with Crippen LogP contribution in [0, 0.1) is 11.7 Å². The summed E-state index contributed by atoms with van der Waals surface area (Å²) in [5, 5.41) is 4.52. The van der Waals surface area contributed by atoms with E-state index in [9.17, 15) is 41.6 Å². The quantitative estimate of drug-likeness (QED) is 0.320. The fourth-order valence-electron chi connectivity index (χ4n) is 7.16. The van der Waals surface area contributed by atoms with E-state index in [2.05, 4.69) is 15.4 Å². The van der Waals surface area contributed by atoms with Gasteiger partial charge in [-0.1, -0.05) is 31.6 Å². The summed E-state index contributed by atoms with van der Waals surface area (Å²) in [6, 6.07) is 1.62. The molecule has 52 heavy (non-hydrogen) atoms. The number of nitrogens with one attached hydrogen (secondary N) is 3. The van der Waals surface area contributed by atoms with Crippen molar-refractivity contribution in [1.29, 1.82) is 0 Å². The maximum Gasteiger partial charge on any atom is 0.410 e. The number of Topliss-reactive ketones (excluding diaryl/α,β-unsaturated/α-hetero) is 1. The number of sulfonamides is 1. The van der Waals surface area contributed by atoms with Crippen molar-refractivity contribution < 1.29 is 51.0 Å². The molecule has 0 bridgehead atoms. The summed E-state index contributed by atoms with van der Waals surface area (Å²) in [6.07, 6.45) is 0.365. The molecule has 5 aliphatic rings. The average Bonchev–Trinajstić information content (AvgIpc) is 3.89. The number of ether oxygens (including phenoxy) is 2. The highest BCUT2D eigenvalue weighted by molar-refractivity contribution is 7.91. The second kappa shape index (κ2) is 13.8. The molecule has 2 heterocycles. The van der Waals surface area contributed by atoms with Crippen LogP contribution in [-0.4, -0.2) is 95.0 Å². The molecular weight excluding hydrogens is 701 g/mol. The molecule has 3 N–H and O–H groups in total. The number of benzene rings is 1. The lowest BCUT2D eigenvalue weighted by Crippen LogP contribution is -2.59. The van der Waals surface area contributed by atoms with Gasteiger partial charge in [0.2, 0.25) is 15.9 Å². The van der Waals surface area contributed by atoms with Crippen LogP contribution in [0.4, 0.5) is 14.0 Å². The van der Waals surface area contributed by atoms with Crippen LogP contribution in [0.2, 0.25) is 0 Å². The Morgan fingerprint density at radius 1 is 1.12 bits per heavy atom. The highest BCUT2D eigenvalue weighted by Gasteiger charge is 2.62. The predicted octanol–water partition coefficient (Wildman–Crippen LogP) is 2.32. The number of ketones is 1. The summed E-state index contributed by atoms with van der Waals surface area (Å²) in [7, 11) is -3.93. The Morgan fingerprint density at radius 2 is 1.85 bits per heavy atom. The predicted molar refractivity (Wildman–Crippen MR) is 181 cm³/mol. The van der Waals surface area contributed by atoms with Crippen molar-refractivity contribution in [2.45, 2.75) is 120 Å². The van der Waals surface area contributed by atoms with Crippen LogP contribution in [-0.2, 0) is 51.8 Å². The minimum absolute atomic E-state index is 0.0155. The number of amides is 5. The van der Waals surface area contributed by atoms with E-state index in [1.54, 1.807) is 33.8 Å². The zero-order valence-electron chi connectivity index (χ0n) is 29.5. The standard InChI is InChI=1S/C35H44FN5O10S/c1-5-20-15-35(20,31(45)39-52(48,49)22-12-13-22)38-29(43)26-14-21(50-33(47)40-16-19-8-6-10-25(36)24(19)18-40)17-41(26)30(44)28(23-9-7-11-27(23)42)37-32(46)51-34(2,3)4/h6,8-10,20-22,26,28H,5,7,11-18H2,1-4H3,(H,37,46)(H,38,43)(H,39,45)/t20-,21-,26+,28+,35-/m1/s1. The molecule has 0 spiro atoms. The maximum atomic E-state index is 14.4. The molecule has 3 fully saturated rings. The van der Waals surface area contributed by atoms with Gasteiger partial charge in [0.25, 0.3) is 11.8 Å². The minimum atomic E-state index is -3.93. The molecule has 0 radical (unpaired) electrons. The summed E-state index contributed by atoms with van der Waals surface area (Å²) in [4.78, 5) is 83.6. The molecule has 2 saturated carbocycles. The van der Waals surface area contributed by atoms with Gasteiger partial charge in [0.15, 0.2) is 5.78 Å². The van der Waals surface area contributed by atoms with Gasteiger partial charge in [0, 0.05) is 30.5 Å². The summed E-state index contributed by atoms with van der Waals surface area (Å²) in [5.74, 6) is -3.75. The van der Waals surface area contributed by atoms with Crippen LogP contribution >= 0.6 is 0 Å². The molecule has 1 aromatic carbocycles. The number of alkyl carbamates (subject to hydrolysis) is 1. The van der Waals surface area contributed by atoms with Crippen LogP contribution in [0.15, 0.2) is 29.8 Å². The molecule has 5 atom stereocenters. The number of halogens is 1. The van der Waals surface area contributed by atoms with Crippen molar-refractivity contribution in [3.63, 3.8) is 0 Å². The van der Waals surface area contributed by atoms with E-state index >= 15 is 0 Å². The van der Waals surface area contributed by atoms with Gasteiger partial charge in [0.05, 0.1) is 18.3 Å². The molecule has 17 heteroatoms. The van der Waals surface area contributed by atoms with E-state index in [1.165, 1.54) is 23.1 Å². The third-order valence-electron chi connectivity index (χ3n) is 10.1. The Morgan fingerprint density at radius 3 is 2.44 bits per heavy atom. The Kier molecular flexibility index (Phi) is 9.87. The van der Waals surface area contributed by atoms with Crippen LogP contribution in [0.5, 0.6) is 0 Å². The first kappa shape index (κ1) is 37.2. The fraction of sp³-hybridized carbons (Fsp3) is 0.600. The fourth-order valence-corrected chi connectivity index (χ4v) is 8.52. The molecule has 0 aromatic heterocycles. The average molecular weight is 746 g/mol. The third-order valence-corrected chi connectivity index (χ3v) is 11.9. The molecule has 282 valence electrons. The Labute approximate surface area is 301 Å². The highest BCUT2D eigenvalue weighted by Crippen LogP contribution is 2.47. The Bertz CT molecular complexity index is 1840. The SMILES string of the molecule is CC[C@@H]1C[C@]1(NC(=O)[C@@H]1C[C@@H](OC(=O)N2Cc3cccc(F)c3C2)CN1C(=O)[C@@H](NC(=O)OC(C)(C)C)C1=CCCC1=O)C(=O)NS(=O)(=O)C1CC1. The minimum Gasteiger partial charge on any atom is -0.444 e. The number of hydrogen-bond donors (Lipinski definition) is 3. The monoisotopic (exact) mass is 745 g/mol. The number of allylic oxidation sites excluding steroid dienone is 1. The Hall–Kier alpha value is -4.54. The summed E-state index contributed by atoms with van der Waals surface area (Å²) < 4.78 is 53.0. The van der Waals surface area contributed by atoms with Crippen molar-refractivity contribution in [2.24, 2.45) is 5.92 Å². The van der Waals surface area contributed by atoms with Crippen molar-refractivity contribution in [3.8, 4) is 0 Å². The number of nitrogens with zero attached hydrogens (tertiary/aromatic N) is 2. The first-order chi connectivity index (χ1) is 24.4. The van der Waals surface area contributed by atoms with E-state index in [1.807, 2.05) is 0 Å². The maximum absolute atomic E-state index is 14.4. The van der Waals surface area contributed by atoms with Crippen LogP contribution in [0.1, 0.15) is 83.8 Å². The summed E-state index contributed by atoms with van der Waals surface area (Å²) in [5.41, 5.74) is -1.51. The van der Waals surface area contributed by atoms with Gasteiger partial charge in [-0.05, 0) is 64.0 Å². The van der Waals surface area contributed by atoms with Gasteiger partial charge < -0.3 is 25.0 Å². The first-order valence-corrected chi connectivity index (χ1v) is 19.1. The summed E-state index contributed by atoms with van der Waals surface area (Å²) >= 11 is 0. The van der Waals surface area contributed by atoms with Crippen LogP contribution in [0.25, 0.3) is 0 Å². The first-order valence-electron chi connectivity index (χ1n) is 17.6. The normalized spacial score (nSPS) is 25.9. The van der Waals surface area contributed by atoms with Crippen molar-refractivity contribution in [1.82, 2.24) is 25.2 Å². The number of rotatable bonds is 10. The van der Waals surface area contributed by atoms with E-state index in [0.29, 0.717) is 36.8 Å². The second-order valence-electron chi connectivity index (χ2n) is 15.1. The van der Waals surface area contributed by atoms with E-state index in [-0.39, 0.29) is 56.2 Å². The van der Waals surface area contributed by atoms with E-state index in [4.69, 9.17) is 9.47 Å². The van der Waals surface area contributed by atoms with Crippen molar-refractivity contribution in [2.75, 3.05) is 6.54 Å². The lowest BCUT2D eigenvalue weighted by molar-refractivity contribution is -0.141. The second-order valence-corrected chi connectivity index (χ2v) is 17.1. The molecular formula is C35H44FN5O10S. The van der Waals surface area contributed by atoms with Crippen LogP contribution < -0.4 is 15.4 Å². The number of carbonyl (C=O) groups excluding carboxylic acids is 6. The van der Waals surface area contributed by atoms with E-state index < -0.39 is 80.3 Å². The van der Waals surface area contributed by atoms with E-state index in [0.717, 1.165) is 4.90 Å². The van der Waals surface area contributed by atoms with Crippen molar-refractivity contribution >= 4 is 45.7 Å². The molecule has 6 rings (SSSR count). The zero-order chi connectivity index (χ0) is 37.7. The molecule has 1 aromatic rings. The molecule has 0 unspecified atom stereocenters. The summed E-state index contributed by atoms with van der Waals surface area (Å²) in [6.45, 7) is 6.39. The zero-order valence-corrected chi connectivity index (χ0v) is 30.3. The largest absolute Gasteiger partial charge is 0.444 e. The molecule has 3 aliphatic carbocycles. The number of likely N-dealkylation sites (tertiary alicyclic amines) is 1. The smallest absolute Gasteiger partial charge is 0.410 e. The van der Waals surface area contributed by atoms with Gasteiger partial charge in [-0.2, -0.15) is 0 Å². The third kappa shape index (κ3) is 7.64. The number of fused-ring (bicyclic) bond motifs is 1. The molecule has 1 saturated heterocycles. The van der Waals surface area contributed by atoms with Crippen molar-refractivity contribution in [3.05, 3.63) is 46.8 Å². The molecule has 5 amide bonds. The van der Waals surface area contributed by atoms with Crippen LogP contribution in [0.3, 0.4) is 0 Å². The number of hydrogen-bond acceptors (Lipinski definition) is 10. The molecule has 2 aliphatic heterocycles. The van der Waals surface area contributed by atoms with Gasteiger partial charge >= 0.3 is 12.2 Å². The highest BCUT2D eigenvalue weighted by atomic mass is 32.2. The van der Waals surface area contributed by atoms with Gasteiger partial charge in [-0.25, -0.2) is 22.4 Å². The molecule has 15 nitrogen and oxygen atoms in total. The van der Waals surface area contributed by atoms with Gasteiger partial charge in [0.1, 0.15) is 35.1 Å². The lowest BCUT2D eigenvalue weighted by atomic mass is 10.0. The number of carbonyl (C=O) groups is 6.